The molecule has 138 valence electrons. The molecule has 0 atom stereocenters. The van der Waals surface area contributed by atoms with Crippen molar-refractivity contribution in [2.24, 2.45) is 0 Å². The van der Waals surface area contributed by atoms with E-state index in [0.717, 1.165) is 12.1 Å². The van der Waals surface area contributed by atoms with Crippen LogP contribution in [0.2, 0.25) is 0 Å². The average molecular weight is 366 g/mol. The van der Waals surface area contributed by atoms with Gasteiger partial charge in [0.05, 0.1) is 6.42 Å². The maximum absolute atomic E-state index is 12.1. The van der Waals surface area contributed by atoms with Crippen LogP contribution in [0.15, 0.2) is 48.5 Å². The fraction of sp³-hybridized carbons (Fsp3) is 0.222. The number of rotatable bonds is 5. The molecule has 0 aliphatic heterocycles. The summed E-state index contributed by atoms with van der Waals surface area (Å²) >= 11 is 0. The molecule has 0 heterocycles. The van der Waals surface area contributed by atoms with E-state index < -0.39 is 6.36 Å². The van der Waals surface area contributed by atoms with E-state index in [4.69, 9.17) is 0 Å². The van der Waals surface area contributed by atoms with Crippen molar-refractivity contribution in [3.63, 3.8) is 0 Å². The smallest absolute Gasteiger partial charge is 0.406 e. The van der Waals surface area contributed by atoms with Crippen LogP contribution < -0.4 is 10.1 Å². The van der Waals surface area contributed by atoms with Gasteiger partial charge in [-0.25, -0.2) is 0 Å². The number of carbonyl (C=O) groups excluding carboxylic acids is 2. The van der Waals surface area contributed by atoms with Crippen LogP contribution in [0.4, 0.5) is 18.9 Å². The second-order valence-electron chi connectivity index (χ2n) is 5.70. The molecule has 0 unspecified atom stereocenters. The zero-order valence-corrected chi connectivity index (χ0v) is 14.1. The zero-order valence-electron chi connectivity index (χ0n) is 14.1. The van der Waals surface area contributed by atoms with Crippen LogP contribution in [0, 0.1) is 0 Å². The maximum Gasteiger partial charge on any atom is 0.573 e. The van der Waals surface area contributed by atoms with Crippen LogP contribution in [0.3, 0.4) is 0 Å². The Balaban J connectivity index is 1.98. The normalized spacial score (nSPS) is 11.0. The Hall–Kier alpha value is -3.03. The Kier molecular flexibility index (Phi) is 5.86. The van der Waals surface area contributed by atoms with E-state index in [1.165, 1.54) is 17.0 Å². The topological polar surface area (TPSA) is 58.6 Å². The van der Waals surface area contributed by atoms with Crippen LogP contribution in [0.1, 0.15) is 15.9 Å². The van der Waals surface area contributed by atoms with E-state index >= 15 is 0 Å². The van der Waals surface area contributed by atoms with Crippen molar-refractivity contribution in [2.75, 3.05) is 19.4 Å². The third kappa shape index (κ3) is 5.80. The summed E-state index contributed by atoms with van der Waals surface area (Å²) in [5.74, 6) is -0.901. The number of hydrogen-bond donors (Lipinski definition) is 1. The van der Waals surface area contributed by atoms with Gasteiger partial charge in [-0.15, -0.1) is 13.2 Å². The van der Waals surface area contributed by atoms with Gasteiger partial charge in [0.1, 0.15) is 5.75 Å². The van der Waals surface area contributed by atoms with Gasteiger partial charge in [0.2, 0.25) is 5.91 Å². The predicted molar refractivity (Wildman–Crippen MR) is 89.9 cm³/mol. The summed E-state index contributed by atoms with van der Waals surface area (Å²) in [4.78, 5) is 25.4. The number of nitrogens with zero attached hydrogens (tertiary/aromatic N) is 1. The van der Waals surface area contributed by atoms with Gasteiger partial charge in [-0.1, -0.05) is 18.2 Å². The quantitative estimate of drug-likeness (QED) is 0.882. The molecule has 0 fully saturated rings. The molecular weight excluding hydrogens is 349 g/mol. The summed E-state index contributed by atoms with van der Waals surface area (Å²) in [5, 5.41) is 2.66. The van der Waals surface area contributed by atoms with Gasteiger partial charge < -0.3 is 15.0 Å². The summed E-state index contributed by atoms with van der Waals surface area (Å²) in [6.45, 7) is 0. The van der Waals surface area contributed by atoms with Crippen LogP contribution in [0.25, 0.3) is 0 Å². The van der Waals surface area contributed by atoms with Crippen molar-refractivity contribution in [3.05, 3.63) is 59.7 Å². The van der Waals surface area contributed by atoms with E-state index in [9.17, 15) is 22.8 Å². The van der Waals surface area contributed by atoms with Crippen LogP contribution in [-0.4, -0.2) is 37.2 Å². The fourth-order valence-corrected chi connectivity index (χ4v) is 2.19. The van der Waals surface area contributed by atoms with Crippen molar-refractivity contribution < 1.29 is 27.5 Å². The summed E-state index contributed by atoms with van der Waals surface area (Å²) < 4.78 is 40.1. The summed E-state index contributed by atoms with van der Waals surface area (Å²) in [7, 11) is 3.25. The lowest BCUT2D eigenvalue weighted by Gasteiger charge is -2.12. The largest absolute Gasteiger partial charge is 0.573 e. The first kappa shape index (κ1) is 19.3. The van der Waals surface area contributed by atoms with Crippen molar-refractivity contribution in [2.45, 2.75) is 12.8 Å². The number of hydrogen-bond acceptors (Lipinski definition) is 3. The number of amides is 2. The van der Waals surface area contributed by atoms with Crippen LogP contribution in [-0.2, 0) is 11.2 Å². The maximum atomic E-state index is 12.1. The first-order valence-corrected chi connectivity index (χ1v) is 7.60. The van der Waals surface area contributed by atoms with E-state index in [2.05, 4.69) is 10.1 Å². The van der Waals surface area contributed by atoms with E-state index in [1.54, 1.807) is 38.4 Å². The van der Waals surface area contributed by atoms with Crippen molar-refractivity contribution >= 4 is 17.5 Å². The summed E-state index contributed by atoms with van der Waals surface area (Å²) in [6.07, 6.45) is -4.79. The molecule has 0 saturated carbocycles. The molecule has 0 radical (unpaired) electrons. The molecule has 1 N–H and O–H groups in total. The highest BCUT2D eigenvalue weighted by molar-refractivity contribution is 5.97. The second-order valence-corrected chi connectivity index (χ2v) is 5.70. The Morgan fingerprint density at radius 1 is 1.08 bits per heavy atom. The van der Waals surface area contributed by atoms with Crippen molar-refractivity contribution in [1.82, 2.24) is 4.90 Å². The van der Waals surface area contributed by atoms with Gasteiger partial charge in [-0.05, 0) is 35.9 Å². The average Bonchev–Trinajstić information content (AvgIpc) is 2.54. The Labute approximate surface area is 148 Å². The van der Waals surface area contributed by atoms with E-state index in [1.807, 2.05) is 0 Å². The Morgan fingerprint density at radius 2 is 1.73 bits per heavy atom. The highest BCUT2D eigenvalue weighted by atomic mass is 19.4. The fourth-order valence-electron chi connectivity index (χ4n) is 2.19. The molecule has 2 rings (SSSR count). The van der Waals surface area contributed by atoms with E-state index in [0.29, 0.717) is 16.8 Å². The minimum Gasteiger partial charge on any atom is -0.406 e. The lowest BCUT2D eigenvalue weighted by atomic mass is 10.1. The number of halogens is 3. The summed E-state index contributed by atoms with van der Waals surface area (Å²) in [5.41, 5.74) is 1.42. The van der Waals surface area contributed by atoms with E-state index in [-0.39, 0.29) is 24.0 Å². The van der Waals surface area contributed by atoms with Gasteiger partial charge in [0.25, 0.3) is 5.91 Å². The number of nitrogens with one attached hydrogen (secondary N) is 1. The molecule has 0 aromatic heterocycles. The number of alkyl halides is 3. The number of ether oxygens (including phenoxy) is 1. The molecule has 2 amide bonds. The molecule has 0 bridgehead atoms. The number of benzene rings is 2. The van der Waals surface area contributed by atoms with Gasteiger partial charge in [-0.3, -0.25) is 9.59 Å². The Morgan fingerprint density at radius 3 is 2.31 bits per heavy atom. The zero-order chi connectivity index (χ0) is 19.3. The van der Waals surface area contributed by atoms with Crippen LogP contribution >= 0.6 is 0 Å². The highest BCUT2D eigenvalue weighted by Gasteiger charge is 2.30. The second kappa shape index (κ2) is 7.90. The van der Waals surface area contributed by atoms with Gasteiger partial charge >= 0.3 is 6.36 Å². The lowest BCUT2D eigenvalue weighted by molar-refractivity contribution is -0.274. The molecule has 0 aliphatic rings. The molecule has 8 heteroatoms. The van der Waals surface area contributed by atoms with Gasteiger partial charge in [0, 0.05) is 25.3 Å². The number of carbonyl (C=O) groups is 2. The minimum atomic E-state index is -4.76. The standard InChI is InChI=1S/C18H17F3N2O3/c1-23(2)17(25)13-4-3-5-14(11-13)22-16(24)10-12-6-8-15(9-7-12)26-18(19,20)21/h3-9,11H,10H2,1-2H3,(H,22,24). The molecule has 0 spiro atoms. The van der Waals surface area contributed by atoms with Gasteiger partial charge in [-0.2, -0.15) is 0 Å². The molecule has 2 aromatic carbocycles. The first-order chi connectivity index (χ1) is 12.1. The van der Waals surface area contributed by atoms with Crippen molar-refractivity contribution in [3.8, 4) is 5.75 Å². The minimum absolute atomic E-state index is 0.0296. The third-order valence-corrected chi connectivity index (χ3v) is 3.32. The first-order valence-electron chi connectivity index (χ1n) is 7.60. The van der Waals surface area contributed by atoms with Crippen LogP contribution in [0.5, 0.6) is 5.75 Å². The molecule has 26 heavy (non-hydrogen) atoms. The Bertz CT molecular complexity index is 787. The molecule has 0 saturated heterocycles. The third-order valence-electron chi connectivity index (χ3n) is 3.32. The molecule has 5 nitrogen and oxygen atoms in total. The molecule has 2 aromatic rings. The molecule has 0 aliphatic carbocycles. The SMILES string of the molecule is CN(C)C(=O)c1cccc(NC(=O)Cc2ccc(OC(F)(F)F)cc2)c1. The molecular formula is C18H17F3N2O3. The monoisotopic (exact) mass is 366 g/mol. The highest BCUT2D eigenvalue weighted by Crippen LogP contribution is 2.23. The summed E-state index contributed by atoms with van der Waals surface area (Å²) in [6, 6.07) is 11.5. The van der Waals surface area contributed by atoms with Gasteiger partial charge in [0.15, 0.2) is 0 Å². The number of anilines is 1. The van der Waals surface area contributed by atoms with Crippen molar-refractivity contribution in [1.29, 1.82) is 0 Å². The lowest BCUT2D eigenvalue weighted by Crippen LogP contribution is -2.22. The predicted octanol–water partition coefficient (Wildman–Crippen LogP) is 3.47.